The van der Waals surface area contributed by atoms with Gasteiger partial charge in [0.2, 0.25) is 0 Å². The highest BCUT2D eigenvalue weighted by Gasteiger charge is 2.25. The first-order valence-corrected chi connectivity index (χ1v) is 14.2. The summed E-state index contributed by atoms with van der Waals surface area (Å²) >= 11 is 6.24. The Kier molecular flexibility index (Phi) is 10.6. The van der Waals surface area contributed by atoms with Crippen LogP contribution < -0.4 is 5.32 Å². The van der Waals surface area contributed by atoms with Crippen molar-refractivity contribution in [3.63, 3.8) is 0 Å². The van der Waals surface area contributed by atoms with Crippen molar-refractivity contribution in [3.8, 4) is 11.3 Å². The molecule has 2 heterocycles. The largest absolute Gasteiger partial charge is 0.464 e. The fraction of sp³-hybridized carbons (Fsp3) is 0.367. The summed E-state index contributed by atoms with van der Waals surface area (Å²) in [5.41, 5.74) is 2.85. The fourth-order valence-electron chi connectivity index (χ4n) is 4.63. The van der Waals surface area contributed by atoms with Crippen LogP contribution in [0.4, 0.5) is 10.5 Å². The lowest BCUT2D eigenvalue weighted by atomic mass is 10.1. The van der Waals surface area contributed by atoms with Crippen molar-refractivity contribution in [1.29, 1.82) is 0 Å². The maximum Gasteiger partial charge on any atom is 0.407 e. The molecule has 1 unspecified atom stereocenters. The van der Waals surface area contributed by atoms with Crippen molar-refractivity contribution in [1.82, 2.24) is 15.0 Å². The number of rotatable bonds is 14. The molecule has 0 bridgehead atoms. The third-order valence-electron chi connectivity index (χ3n) is 6.71. The van der Waals surface area contributed by atoms with Crippen LogP contribution in [0.25, 0.3) is 22.2 Å². The molecule has 0 aliphatic heterocycles. The first-order chi connectivity index (χ1) is 20.3. The number of non-ortho nitro benzene ring substituents is 1. The number of nitro groups is 1. The molecule has 2 aromatic carbocycles. The molecule has 0 radical (unpaired) electrons. The molecule has 222 valence electrons. The van der Waals surface area contributed by atoms with Crippen molar-refractivity contribution in [2.45, 2.75) is 58.5 Å². The minimum Gasteiger partial charge on any atom is -0.464 e. The Morgan fingerprint density at radius 2 is 1.95 bits per heavy atom. The molecule has 0 saturated carbocycles. The highest BCUT2D eigenvalue weighted by molar-refractivity contribution is 6.33. The number of ether oxygens (including phenoxy) is 2. The molecule has 0 fully saturated rings. The standard InChI is InChI=1S/C30H33ClN4O7/c1-3-5-15-41-30(37)32-27(29(36)40-4-2)16-20-19-34(28-11-7-6-10-23(20)28)14-8-9-22-18-26(33-42-22)24-13-12-21(35(38)39)17-25(24)31/h6-7,10-13,17-19,27H,3-5,8-9,14-16H2,1-2H3,(H,32,37). The zero-order chi connectivity index (χ0) is 30.1. The predicted octanol–water partition coefficient (Wildman–Crippen LogP) is 6.49. The molecular weight excluding hydrogens is 564 g/mol. The third kappa shape index (κ3) is 7.67. The smallest absolute Gasteiger partial charge is 0.407 e. The van der Waals surface area contributed by atoms with E-state index in [4.69, 9.17) is 25.6 Å². The second-order valence-electron chi connectivity index (χ2n) is 9.71. The molecule has 0 aliphatic carbocycles. The molecule has 0 aliphatic rings. The summed E-state index contributed by atoms with van der Waals surface area (Å²) in [5, 5.41) is 18.9. The molecule has 2 aromatic heterocycles. The summed E-state index contributed by atoms with van der Waals surface area (Å²) in [4.78, 5) is 35.5. The Labute approximate surface area is 247 Å². The number of fused-ring (bicyclic) bond motifs is 1. The first kappa shape index (κ1) is 30.6. The number of unbranched alkanes of at least 4 members (excludes halogenated alkanes) is 1. The Balaban J connectivity index is 1.44. The van der Waals surface area contributed by atoms with Gasteiger partial charge in [-0.3, -0.25) is 10.1 Å². The van der Waals surface area contributed by atoms with Crippen molar-refractivity contribution >= 4 is 40.3 Å². The van der Waals surface area contributed by atoms with E-state index in [-0.39, 0.29) is 30.3 Å². The lowest BCUT2D eigenvalue weighted by Gasteiger charge is -2.17. The molecule has 0 saturated heterocycles. The molecular formula is C30H33ClN4O7. The predicted molar refractivity (Wildman–Crippen MR) is 157 cm³/mol. The summed E-state index contributed by atoms with van der Waals surface area (Å²) < 4.78 is 18.0. The van der Waals surface area contributed by atoms with E-state index in [0.717, 1.165) is 35.7 Å². The van der Waals surface area contributed by atoms with Crippen LogP contribution in [-0.2, 0) is 33.7 Å². The number of amides is 1. The quantitative estimate of drug-likeness (QED) is 0.0754. The lowest BCUT2D eigenvalue weighted by Crippen LogP contribution is -2.43. The van der Waals surface area contributed by atoms with Gasteiger partial charge in [-0.1, -0.05) is 48.3 Å². The van der Waals surface area contributed by atoms with E-state index in [1.807, 2.05) is 37.4 Å². The second kappa shape index (κ2) is 14.5. The molecule has 1 N–H and O–H groups in total. The van der Waals surface area contributed by atoms with Gasteiger partial charge < -0.3 is 23.9 Å². The number of alkyl carbamates (subject to hydrolysis) is 1. The maximum atomic E-state index is 12.7. The number of aryl methyl sites for hydroxylation is 2. The summed E-state index contributed by atoms with van der Waals surface area (Å²) in [7, 11) is 0. The van der Waals surface area contributed by atoms with Crippen LogP contribution in [0.5, 0.6) is 0 Å². The highest BCUT2D eigenvalue weighted by atomic mass is 35.5. The minimum absolute atomic E-state index is 0.0953. The molecule has 12 heteroatoms. The molecule has 11 nitrogen and oxygen atoms in total. The summed E-state index contributed by atoms with van der Waals surface area (Å²) in [6.45, 7) is 4.86. The van der Waals surface area contributed by atoms with Crippen LogP contribution in [0.2, 0.25) is 5.02 Å². The van der Waals surface area contributed by atoms with E-state index >= 15 is 0 Å². The Morgan fingerprint density at radius 3 is 2.69 bits per heavy atom. The number of aromatic nitrogens is 2. The van der Waals surface area contributed by atoms with Crippen LogP contribution in [0.1, 0.15) is 44.4 Å². The fourth-order valence-corrected chi connectivity index (χ4v) is 4.90. The number of nitrogens with one attached hydrogen (secondary N) is 1. The number of halogens is 1. The Hall–Kier alpha value is -4.38. The lowest BCUT2D eigenvalue weighted by molar-refractivity contribution is -0.384. The number of hydrogen-bond donors (Lipinski definition) is 1. The van der Waals surface area contributed by atoms with Crippen molar-refractivity contribution in [3.05, 3.63) is 81.2 Å². The third-order valence-corrected chi connectivity index (χ3v) is 7.02. The monoisotopic (exact) mass is 596 g/mol. The van der Waals surface area contributed by atoms with Gasteiger partial charge in [0.25, 0.3) is 5.69 Å². The number of esters is 1. The SMILES string of the molecule is CCCCOC(=O)NC(Cc1cn(CCCc2cc(-c3ccc([N+](=O)[O-])cc3Cl)no2)c2ccccc12)C(=O)OCC. The zero-order valence-electron chi connectivity index (χ0n) is 23.5. The van der Waals surface area contributed by atoms with Crippen LogP contribution in [0.3, 0.4) is 0 Å². The van der Waals surface area contributed by atoms with E-state index in [2.05, 4.69) is 15.0 Å². The molecule has 4 rings (SSSR count). The van der Waals surface area contributed by atoms with Crippen LogP contribution in [0.15, 0.2) is 59.3 Å². The van der Waals surface area contributed by atoms with Gasteiger partial charge in [0, 0.05) is 60.2 Å². The molecule has 0 spiro atoms. The first-order valence-electron chi connectivity index (χ1n) is 13.9. The van der Waals surface area contributed by atoms with E-state index in [9.17, 15) is 19.7 Å². The van der Waals surface area contributed by atoms with Gasteiger partial charge in [-0.05, 0) is 37.5 Å². The Morgan fingerprint density at radius 1 is 1.14 bits per heavy atom. The van der Waals surface area contributed by atoms with Crippen molar-refractivity contribution in [2.75, 3.05) is 13.2 Å². The topological polar surface area (TPSA) is 139 Å². The molecule has 1 atom stereocenters. The van der Waals surface area contributed by atoms with Crippen LogP contribution in [-0.4, -0.2) is 46.0 Å². The van der Waals surface area contributed by atoms with E-state index in [1.165, 1.54) is 12.1 Å². The van der Waals surface area contributed by atoms with Gasteiger partial charge in [0.1, 0.15) is 17.5 Å². The van der Waals surface area contributed by atoms with E-state index in [0.29, 0.717) is 30.0 Å². The van der Waals surface area contributed by atoms with Crippen LogP contribution in [0, 0.1) is 10.1 Å². The number of carbonyl (C=O) groups is 2. The number of carbonyl (C=O) groups excluding carboxylic acids is 2. The molecule has 1 amide bonds. The summed E-state index contributed by atoms with van der Waals surface area (Å²) in [6, 6.07) is 13.0. The zero-order valence-corrected chi connectivity index (χ0v) is 24.3. The maximum absolute atomic E-state index is 12.7. The number of nitrogens with zero attached hydrogens (tertiary/aromatic N) is 3. The van der Waals surface area contributed by atoms with E-state index in [1.54, 1.807) is 19.1 Å². The summed E-state index contributed by atoms with van der Waals surface area (Å²) in [5.74, 6) is 0.139. The van der Waals surface area contributed by atoms with Gasteiger partial charge in [0.15, 0.2) is 0 Å². The van der Waals surface area contributed by atoms with Gasteiger partial charge in [-0.2, -0.15) is 0 Å². The summed E-state index contributed by atoms with van der Waals surface area (Å²) in [6.07, 6.45) is 4.54. The number of benzene rings is 2. The normalized spacial score (nSPS) is 11.8. The van der Waals surface area contributed by atoms with Gasteiger partial charge in [-0.15, -0.1) is 0 Å². The van der Waals surface area contributed by atoms with Gasteiger partial charge >= 0.3 is 12.1 Å². The van der Waals surface area contributed by atoms with Gasteiger partial charge in [-0.25, -0.2) is 9.59 Å². The average molecular weight is 597 g/mol. The van der Waals surface area contributed by atoms with Crippen molar-refractivity contribution in [2.24, 2.45) is 0 Å². The Bertz CT molecular complexity index is 1550. The second-order valence-corrected chi connectivity index (χ2v) is 10.1. The average Bonchev–Trinajstić information content (AvgIpc) is 3.58. The molecule has 4 aromatic rings. The van der Waals surface area contributed by atoms with E-state index < -0.39 is 23.0 Å². The number of para-hydroxylation sites is 1. The number of hydrogen-bond acceptors (Lipinski definition) is 8. The minimum atomic E-state index is -0.891. The van der Waals surface area contributed by atoms with Crippen LogP contribution >= 0.6 is 11.6 Å². The number of nitro benzene ring substituents is 1. The van der Waals surface area contributed by atoms with Crippen molar-refractivity contribution < 1.29 is 28.5 Å². The molecule has 42 heavy (non-hydrogen) atoms. The van der Waals surface area contributed by atoms with Gasteiger partial charge in [0.05, 0.1) is 23.2 Å². The highest BCUT2D eigenvalue weighted by Crippen LogP contribution is 2.31.